The summed E-state index contributed by atoms with van der Waals surface area (Å²) in [5.41, 5.74) is 1.13. The fourth-order valence-electron chi connectivity index (χ4n) is 4.23. The number of hydrogen-bond donors (Lipinski definition) is 1. The van der Waals surface area contributed by atoms with Gasteiger partial charge in [0.15, 0.2) is 12.1 Å². The van der Waals surface area contributed by atoms with E-state index in [9.17, 15) is 0 Å². The van der Waals surface area contributed by atoms with Crippen LogP contribution in [-0.2, 0) is 9.47 Å². The summed E-state index contributed by atoms with van der Waals surface area (Å²) in [5, 5.41) is 12.6. The molecule has 1 aromatic heterocycles. The maximum atomic E-state index is 6.12. The van der Waals surface area contributed by atoms with Crippen molar-refractivity contribution in [3.63, 3.8) is 0 Å². The molecule has 0 radical (unpaired) electrons. The minimum atomic E-state index is -0.0532. The van der Waals surface area contributed by atoms with Gasteiger partial charge in [-0.3, -0.25) is 0 Å². The predicted molar refractivity (Wildman–Crippen MR) is 117 cm³/mol. The fourth-order valence-corrected chi connectivity index (χ4v) is 4.23. The molecule has 0 spiro atoms. The molecular formula is C23H40N4O2. The molecule has 3 heterocycles. The maximum Gasteiger partial charge on any atom is 0.160 e. The van der Waals surface area contributed by atoms with Gasteiger partial charge in [0.05, 0.1) is 5.69 Å². The van der Waals surface area contributed by atoms with Crippen LogP contribution in [0.15, 0.2) is 12.1 Å². The van der Waals surface area contributed by atoms with Gasteiger partial charge in [-0.2, -0.15) is 5.10 Å². The van der Waals surface area contributed by atoms with Crippen LogP contribution in [0.25, 0.3) is 0 Å². The van der Waals surface area contributed by atoms with Gasteiger partial charge in [0.25, 0.3) is 0 Å². The Hall–Kier alpha value is -1.24. The number of unbranched alkanes of at least 4 members (excludes halogenated alkanes) is 2. The number of hydrogen-bond acceptors (Lipinski definition) is 6. The summed E-state index contributed by atoms with van der Waals surface area (Å²) in [5.74, 6) is 1.99. The van der Waals surface area contributed by atoms with Gasteiger partial charge in [-0.1, -0.05) is 26.7 Å². The molecule has 2 saturated heterocycles. The van der Waals surface area contributed by atoms with Crippen LogP contribution in [0.2, 0.25) is 0 Å². The Morgan fingerprint density at radius 3 is 2.31 bits per heavy atom. The third-order valence-electron chi connectivity index (χ3n) is 6.19. The van der Waals surface area contributed by atoms with E-state index in [4.69, 9.17) is 9.47 Å². The van der Waals surface area contributed by atoms with Crippen LogP contribution in [0, 0.1) is 5.92 Å². The summed E-state index contributed by atoms with van der Waals surface area (Å²) in [4.78, 5) is 2.36. The quantitative estimate of drug-likeness (QED) is 0.442. The zero-order valence-electron chi connectivity index (χ0n) is 18.4. The van der Waals surface area contributed by atoms with Crippen LogP contribution in [0.3, 0.4) is 0 Å². The normalized spacial score (nSPS) is 21.1. The molecule has 2 aliphatic heterocycles. The highest BCUT2D eigenvalue weighted by atomic mass is 16.7. The second-order valence-corrected chi connectivity index (χ2v) is 8.50. The molecule has 2 fully saturated rings. The lowest BCUT2D eigenvalue weighted by Crippen LogP contribution is -2.40. The lowest BCUT2D eigenvalue weighted by molar-refractivity contribution is -0.177. The van der Waals surface area contributed by atoms with Crippen molar-refractivity contribution in [2.45, 2.75) is 77.4 Å². The molecule has 2 aliphatic rings. The Morgan fingerprint density at radius 1 is 1.03 bits per heavy atom. The zero-order chi connectivity index (χ0) is 20.3. The summed E-state index contributed by atoms with van der Waals surface area (Å²) < 4.78 is 12.2. The summed E-state index contributed by atoms with van der Waals surface area (Å²) in [6.45, 7) is 10.1. The van der Waals surface area contributed by atoms with Gasteiger partial charge in [-0.25, -0.2) is 0 Å². The summed E-state index contributed by atoms with van der Waals surface area (Å²) in [6.07, 6.45) is 9.07. The van der Waals surface area contributed by atoms with E-state index < -0.39 is 0 Å². The lowest BCUT2D eigenvalue weighted by Gasteiger charge is -2.36. The lowest BCUT2D eigenvalue weighted by atomic mass is 9.95. The van der Waals surface area contributed by atoms with Crippen molar-refractivity contribution in [1.82, 2.24) is 15.5 Å². The molecule has 1 aromatic rings. The standard InChI is InChI=1S/C23H40N4O2/c1-3-5-16-28-23(29-17-6-4-2)19-11-14-27(15-12-19)22-10-9-21(25-26-22)20-8-7-13-24-18-20/h9-10,19-20,23-24H,3-8,11-18H2,1-2H3. The Morgan fingerprint density at radius 2 is 1.76 bits per heavy atom. The monoisotopic (exact) mass is 404 g/mol. The topological polar surface area (TPSA) is 59.5 Å². The Labute approximate surface area is 176 Å². The van der Waals surface area contributed by atoms with Gasteiger partial charge in [-0.05, 0) is 57.2 Å². The number of nitrogens with zero attached hydrogens (tertiary/aromatic N) is 3. The number of rotatable bonds is 11. The van der Waals surface area contributed by atoms with Gasteiger partial charge in [-0.15, -0.1) is 5.10 Å². The predicted octanol–water partition coefficient (Wildman–Crippen LogP) is 4.12. The van der Waals surface area contributed by atoms with Crippen molar-refractivity contribution in [2.24, 2.45) is 5.92 Å². The molecule has 164 valence electrons. The average molecular weight is 405 g/mol. The number of piperidine rings is 2. The van der Waals surface area contributed by atoms with Crippen molar-refractivity contribution in [2.75, 3.05) is 44.3 Å². The molecule has 0 aliphatic carbocycles. The molecule has 29 heavy (non-hydrogen) atoms. The van der Waals surface area contributed by atoms with E-state index >= 15 is 0 Å². The second kappa shape index (κ2) is 12.5. The van der Waals surface area contributed by atoms with E-state index in [1.54, 1.807) is 0 Å². The number of anilines is 1. The molecule has 6 nitrogen and oxygen atoms in total. The van der Waals surface area contributed by atoms with Crippen molar-refractivity contribution in [3.05, 3.63) is 17.8 Å². The van der Waals surface area contributed by atoms with Crippen molar-refractivity contribution in [3.8, 4) is 0 Å². The molecule has 1 atom stereocenters. The summed E-state index contributed by atoms with van der Waals surface area (Å²) >= 11 is 0. The van der Waals surface area contributed by atoms with Crippen LogP contribution in [0.5, 0.6) is 0 Å². The van der Waals surface area contributed by atoms with Crippen molar-refractivity contribution < 1.29 is 9.47 Å². The fraction of sp³-hybridized carbons (Fsp3) is 0.826. The molecule has 0 amide bonds. The van der Waals surface area contributed by atoms with E-state index in [1.807, 2.05) is 0 Å². The van der Waals surface area contributed by atoms with Crippen molar-refractivity contribution >= 4 is 5.82 Å². The minimum Gasteiger partial charge on any atom is -0.355 e. The van der Waals surface area contributed by atoms with E-state index in [2.05, 4.69) is 46.4 Å². The maximum absolute atomic E-state index is 6.12. The zero-order valence-corrected chi connectivity index (χ0v) is 18.4. The summed E-state index contributed by atoms with van der Waals surface area (Å²) in [6, 6.07) is 4.33. The van der Waals surface area contributed by atoms with Crippen molar-refractivity contribution in [1.29, 1.82) is 0 Å². The van der Waals surface area contributed by atoms with E-state index in [0.717, 1.165) is 89.4 Å². The van der Waals surface area contributed by atoms with Gasteiger partial charge in [0, 0.05) is 44.7 Å². The third-order valence-corrected chi connectivity index (χ3v) is 6.19. The van der Waals surface area contributed by atoms with Crippen LogP contribution in [-0.4, -0.2) is 55.9 Å². The molecule has 0 saturated carbocycles. The third kappa shape index (κ3) is 6.90. The molecule has 0 bridgehead atoms. The smallest absolute Gasteiger partial charge is 0.160 e. The summed E-state index contributed by atoms with van der Waals surface area (Å²) in [7, 11) is 0. The van der Waals surface area contributed by atoms with Gasteiger partial charge in [0.1, 0.15) is 0 Å². The molecule has 3 rings (SSSR count). The highest BCUT2D eigenvalue weighted by Crippen LogP contribution is 2.27. The molecule has 1 N–H and O–H groups in total. The Bertz CT molecular complexity index is 545. The van der Waals surface area contributed by atoms with Gasteiger partial charge >= 0.3 is 0 Å². The highest BCUT2D eigenvalue weighted by molar-refractivity contribution is 5.38. The minimum absolute atomic E-state index is 0.0532. The second-order valence-electron chi connectivity index (χ2n) is 8.50. The first kappa shape index (κ1) is 22.4. The van der Waals surface area contributed by atoms with Crippen LogP contribution < -0.4 is 10.2 Å². The number of ether oxygens (including phenoxy) is 2. The largest absolute Gasteiger partial charge is 0.355 e. The van der Waals surface area contributed by atoms with Crippen LogP contribution in [0.4, 0.5) is 5.82 Å². The van der Waals surface area contributed by atoms with E-state index in [1.165, 1.54) is 12.8 Å². The van der Waals surface area contributed by atoms with E-state index in [-0.39, 0.29) is 6.29 Å². The van der Waals surface area contributed by atoms with Crippen LogP contribution >= 0.6 is 0 Å². The molecule has 1 unspecified atom stereocenters. The number of nitrogens with one attached hydrogen (secondary N) is 1. The Balaban J connectivity index is 1.49. The van der Waals surface area contributed by atoms with Gasteiger partial charge < -0.3 is 19.7 Å². The first-order valence-corrected chi connectivity index (χ1v) is 11.8. The van der Waals surface area contributed by atoms with Gasteiger partial charge in [0.2, 0.25) is 0 Å². The first-order valence-electron chi connectivity index (χ1n) is 11.8. The van der Waals surface area contributed by atoms with E-state index in [0.29, 0.717) is 11.8 Å². The van der Waals surface area contributed by atoms with Crippen LogP contribution in [0.1, 0.15) is 76.8 Å². The average Bonchev–Trinajstić information content (AvgIpc) is 2.79. The molecule has 6 heteroatoms. The Kier molecular flexibility index (Phi) is 9.64. The molecule has 0 aromatic carbocycles. The highest BCUT2D eigenvalue weighted by Gasteiger charge is 2.28. The number of aromatic nitrogens is 2. The SMILES string of the molecule is CCCCOC(OCCCC)C1CCN(c2ccc(C3CCCNC3)nn2)CC1. The first-order chi connectivity index (χ1) is 14.3. The molecular weight excluding hydrogens is 364 g/mol.